The van der Waals surface area contributed by atoms with Crippen molar-refractivity contribution >= 4 is 9.84 Å². The topological polar surface area (TPSA) is 55.4 Å². The standard InChI is InChI=1S/C14H31NO3S/c1-6-15-13(14(12(4)5)18-7-2)10-9-11-19(16,17)8-3/h12-15H,6-11H2,1-5H3. The second-order valence-corrected chi connectivity index (χ2v) is 7.68. The summed E-state index contributed by atoms with van der Waals surface area (Å²) in [4.78, 5) is 0. The lowest BCUT2D eigenvalue weighted by atomic mass is 9.96. The minimum atomic E-state index is -2.86. The van der Waals surface area contributed by atoms with Crippen molar-refractivity contribution in [1.29, 1.82) is 0 Å². The fourth-order valence-corrected chi connectivity index (χ4v) is 3.17. The summed E-state index contributed by atoms with van der Waals surface area (Å²) in [5, 5.41) is 3.43. The van der Waals surface area contributed by atoms with Gasteiger partial charge in [-0.2, -0.15) is 0 Å². The summed E-state index contributed by atoms with van der Waals surface area (Å²) in [5.41, 5.74) is 0. The molecule has 5 heteroatoms. The van der Waals surface area contributed by atoms with Crippen LogP contribution in [0.4, 0.5) is 0 Å². The van der Waals surface area contributed by atoms with Crippen molar-refractivity contribution in [3.63, 3.8) is 0 Å². The van der Waals surface area contributed by atoms with Crippen molar-refractivity contribution in [2.24, 2.45) is 5.92 Å². The van der Waals surface area contributed by atoms with E-state index in [2.05, 4.69) is 26.1 Å². The van der Waals surface area contributed by atoms with E-state index in [1.165, 1.54) is 0 Å². The second kappa shape index (κ2) is 9.72. The average Bonchev–Trinajstić information content (AvgIpc) is 2.34. The Bertz CT molecular complexity index is 315. The Morgan fingerprint density at radius 2 is 1.79 bits per heavy atom. The number of hydrogen-bond donors (Lipinski definition) is 1. The largest absolute Gasteiger partial charge is 0.377 e. The van der Waals surface area contributed by atoms with Gasteiger partial charge in [0, 0.05) is 18.4 Å². The van der Waals surface area contributed by atoms with E-state index in [0.717, 1.165) is 13.0 Å². The van der Waals surface area contributed by atoms with Crippen molar-refractivity contribution in [2.75, 3.05) is 24.7 Å². The third kappa shape index (κ3) is 7.90. The van der Waals surface area contributed by atoms with E-state index in [1.807, 2.05) is 6.92 Å². The predicted octanol–water partition coefficient (Wildman–Crippen LogP) is 2.24. The Hall–Kier alpha value is -0.130. The van der Waals surface area contributed by atoms with Gasteiger partial charge in [-0.25, -0.2) is 8.42 Å². The lowest BCUT2D eigenvalue weighted by molar-refractivity contribution is 0.00175. The molecule has 2 atom stereocenters. The second-order valence-electron chi connectivity index (χ2n) is 5.21. The molecular formula is C14H31NO3S. The third-order valence-electron chi connectivity index (χ3n) is 3.29. The van der Waals surface area contributed by atoms with Crippen LogP contribution in [0.15, 0.2) is 0 Å². The molecule has 0 saturated heterocycles. The van der Waals surface area contributed by atoms with E-state index in [-0.39, 0.29) is 23.7 Å². The molecule has 0 spiro atoms. The van der Waals surface area contributed by atoms with E-state index in [4.69, 9.17) is 4.74 Å². The maximum Gasteiger partial charge on any atom is 0.150 e. The fourth-order valence-electron chi connectivity index (χ4n) is 2.28. The monoisotopic (exact) mass is 293 g/mol. The van der Waals surface area contributed by atoms with Crippen LogP contribution in [0.2, 0.25) is 0 Å². The summed E-state index contributed by atoms with van der Waals surface area (Å²) >= 11 is 0. The van der Waals surface area contributed by atoms with Gasteiger partial charge in [-0.1, -0.05) is 27.7 Å². The number of ether oxygens (including phenoxy) is 1. The minimum absolute atomic E-state index is 0.147. The van der Waals surface area contributed by atoms with Crippen LogP contribution in [0.5, 0.6) is 0 Å². The summed E-state index contributed by atoms with van der Waals surface area (Å²) in [6.07, 6.45) is 1.69. The van der Waals surface area contributed by atoms with Gasteiger partial charge < -0.3 is 10.1 Å². The molecule has 0 aliphatic heterocycles. The normalized spacial score (nSPS) is 15.7. The van der Waals surface area contributed by atoms with Crippen LogP contribution in [0.1, 0.15) is 47.5 Å². The van der Waals surface area contributed by atoms with Gasteiger partial charge >= 0.3 is 0 Å². The van der Waals surface area contributed by atoms with E-state index >= 15 is 0 Å². The lowest BCUT2D eigenvalue weighted by Crippen LogP contribution is -2.44. The SMILES string of the molecule is CCNC(CCCS(=O)(=O)CC)C(OCC)C(C)C. The summed E-state index contributed by atoms with van der Waals surface area (Å²) in [5.74, 6) is 0.937. The van der Waals surface area contributed by atoms with Crippen molar-refractivity contribution in [3.05, 3.63) is 0 Å². The van der Waals surface area contributed by atoms with Crippen LogP contribution in [-0.2, 0) is 14.6 Å². The average molecular weight is 293 g/mol. The highest BCUT2D eigenvalue weighted by atomic mass is 32.2. The molecule has 0 aromatic heterocycles. The zero-order chi connectivity index (χ0) is 14.9. The molecule has 0 fully saturated rings. The summed E-state index contributed by atoms with van der Waals surface area (Å²) in [6, 6.07) is 0.233. The lowest BCUT2D eigenvalue weighted by Gasteiger charge is -2.30. The van der Waals surface area contributed by atoms with Gasteiger partial charge in [0.05, 0.1) is 11.9 Å². The molecule has 0 amide bonds. The third-order valence-corrected chi connectivity index (χ3v) is 5.08. The van der Waals surface area contributed by atoms with Crippen LogP contribution in [0.25, 0.3) is 0 Å². The quantitative estimate of drug-likeness (QED) is 0.635. The highest BCUT2D eigenvalue weighted by molar-refractivity contribution is 7.91. The maximum atomic E-state index is 11.5. The minimum Gasteiger partial charge on any atom is -0.377 e. The van der Waals surface area contributed by atoms with Crippen LogP contribution in [0, 0.1) is 5.92 Å². The van der Waals surface area contributed by atoms with E-state index < -0.39 is 9.84 Å². The molecule has 0 aliphatic carbocycles. The van der Waals surface area contributed by atoms with Gasteiger partial charge in [0.25, 0.3) is 0 Å². The molecule has 0 radical (unpaired) electrons. The van der Waals surface area contributed by atoms with Crippen molar-refractivity contribution in [2.45, 2.75) is 59.6 Å². The first-order chi connectivity index (χ1) is 8.87. The van der Waals surface area contributed by atoms with E-state index in [1.54, 1.807) is 6.92 Å². The summed E-state index contributed by atoms with van der Waals surface area (Å²) in [7, 11) is -2.86. The first kappa shape index (κ1) is 18.9. The van der Waals surface area contributed by atoms with Crippen LogP contribution in [0.3, 0.4) is 0 Å². The van der Waals surface area contributed by atoms with E-state index in [9.17, 15) is 8.42 Å². The molecule has 0 rings (SSSR count). The number of rotatable bonds is 11. The molecular weight excluding hydrogens is 262 g/mol. The van der Waals surface area contributed by atoms with Crippen LogP contribution < -0.4 is 5.32 Å². The zero-order valence-corrected chi connectivity index (χ0v) is 13.9. The number of hydrogen-bond acceptors (Lipinski definition) is 4. The molecule has 0 aromatic rings. The fraction of sp³-hybridized carbons (Fsp3) is 1.00. The Kier molecular flexibility index (Phi) is 9.66. The van der Waals surface area contributed by atoms with Gasteiger partial charge in [-0.3, -0.25) is 0 Å². The number of sulfone groups is 1. The maximum absolute atomic E-state index is 11.5. The Labute approximate surface area is 119 Å². The van der Waals surface area contributed by atoms with Crippen molar-refractivity contribution in [3.8, 4) is 0 Å². The molecule has 0 aliphatic rings. The molecule has 0 saturated carbocycles. The van der Waals surface area contributed by atoms with Gasteiger partial charge in [-0.05, 0) is 32.2 Å². The molecule has 116 valence electrons. The predicted molar refractivity (Wildman–Crippen MR) is 81.3 cm³/mol. The molecule has 19 heavy (non-hydrogen) atoms. The van der Waals surface area contributed by atoms with E-state index in [0.29, 0.717) is 18.9 Å². The Balaban J connectivity index is 4.45. The summed E-state index contributed by atoms with van der Waals surface area (Å²) in [6.45, 7) is 11.6. The summed E-state index contributed by atoms with van der Waals surface area (Å²) < 4.78 is 28.8. The Morgan fingerprint density at radius 3 is 2.21 bits per heavy atom. The molecule has 2 unspecified atom stereocenters. The first-order valence-corrected chi connectivity index (χ1v) is 9.25. The Morgan fingerprint density at radius 1 is 1.16 bits per heavy atom. The molecule has 4 nitrogen and oxygen atoms in total. The molecule has 1 N–H and O–H groups in total. The first-order valence-electron chi connectivity index (χ1n) is 7.43. The molecule has 0 aromatic carbocycles. The van der Waals surface area contributed by atoms with Gasteiger partial charge in [0.1, 0.15) is 9.84 Å². The number of likely N-dealkylation sites (N-methyl/N-ethyl adjacent to an activating group) is 1. The molecule has 0 heterocycles. The van der Waals surface area contributed by atoms with Crippen molar-refractivity contribution in [1.82, 2.24) is 5.32 Å². The molecule has 0 bridgehead atoms. The van der Waals surface area contributed by atoms with Crippen LogP contribution >= 0.6 is 0 Å². The van der Waals surface area contributed by atoms with Gasteiger partial charge in [0.15, 0.2) is 0 Å². The highest BCUT2D eigenvalue weighted by Gasteiger charge is 2.24. The van der Waals surface area contributed by atoms with Gasteiger partial charge in [0.2, 0.25) is 0 Å². The van der Waals surface area contributed by atoms with Crippen molar-refractivity contribution < 1.29 is 13.2 Å². The highest BCUT2D eigenvalue weighted by Crippen LogP contribution is 2.16. The smallest absolute Gasteiger partial charge is 0.150 e. The van der Waals surface area contributed by atoms with Gasteiger partial charge in [-0.15, -0.1) is 0 Å². The van der Waals surface area contributed by atoms with Crippen LogP contribution in [-0.4, -0.2) is 45.2 Å². The number of nitrogens with one attached hydrogen (secondary N) is 1. The zero-order valence-electron chi connectivity index (χ0n) is 13.1.